The van der Waals surface area contributed by atoms with Gasteiger partial charge in [-0.1, -0.05) is 6.92 Å². The van der Waals surface area contributed by atoms with Gasteiger partial charge in [-0.25, -0.2) is 4.98 Å². The molecule has 19 heavy (non-hydrogen) atoms. The van der Waals surface area contributed by atoms with Gasteiger partial charge in [0.1, 0.15) is 5.76 Å². The number of ether oxygens (including phenoxy) is 1. The van der Waals surface area contributed by atoms with Crippen molar-refractivity contribution in [1.29, 1.82) is 0 Å². The molecule has 1 saturated carbocycles. The molecule has 1 N–H and O–H groups in total. The summed E-state index contributed by atoms with van der Waals surface area (Å²) in [5, 5.41) is 3.66. The SMILES string of the molecule is CCCc1ncc(CNC2CCC23CCOCC3)o1. The lowest BCUT2D eigenvalue weighted by Gasteiger charge is -2.52. The van der Waals surface area contributed by atoms with Gasteiger partial charge in [-0.3, -0.25) is 0 Å². The Morgan fingerprint density at radius 2 is 2.21 bits per heavy atom. The Bertz CT molecular complexity index is 410. The van der Waals surface area contributed by atoms with Crippen molar-refractivity contribution < 1.29 is 9.15 Å². The minimum Gasteiger partial charge on any atom is -0.444 e. The summed E-state index contributed by atoms with van der Waals surface area (Å²) >= 11 is 0. The molecule has 1 atom stereocenters. The van der Waals surface area contributed by atoms with E-state index < -0.39 is 0 Å². The summed E-state index contributed by atoms with van der Waals surface area (Å²) in [5.41, 5.74) is 0.504. The molecule has 2 aliphatic rings. The van der Waals surface area contributed by atoms with Gasteiger partial charge in [0.05, 0.1) is 12.7 Å². The Labute approximate surface area is 114 Å². The van der Waals surface area contributed by atoms with Crippen molar-refractivity contribution in [1.82, 2.24) is 10.3 Å². The predicted molar refractivity (Wildman–Crippen MR) is 72.8 cm³/mol. The zero-order valence-corrected chi connectivity index (χ0v) is 11.8. The molecule has 1 saturated heterocycles. The number of rotatable bonds is 5. The summed E-state index contributed by atoms with van der Waals surface area (Å²) < 4.78 is 11.2. The Morgan fingerprint density at radius 1 is 1.37 bits per heavy atom. The van der Waals surface area contributed by atoms with Gasteiger partial charge >= 0.3 is 0 Å². The van der Waals surface area contributed by atoms with Crippen LogP contribution >= 0.6 is 0 Å². The van der Waals surface area contributed by atoms with Crippen molar-refractivity contribution in [3.05, 3.63) is 17.8 Å². The molecule has 1 aliphatic carbocycles. The van der Waals surface area contributed by atoms with Crippen molar-refractivity contribution in [2.75, 3.05) is 13.2 Å². The maximum atomic E-state index is 5.72. The Balaban J connectivity index is 1.51. The standard InChI is InChI=1S/C15H24N2O2/c1-2-3-14-17-11-12(19-14)10-16-13-4-5-15(13)6-8-18-9-7-15/h11,13,16H,2-10H2,1H3. The van der Waals surface area contributed by atoms with E-state index in [0.29, 0.717) is 11.5 Å². The smallest absolute Gasteiger partial charge is 0.194 e. The van der Waals surface area contributed by atoms with E-state index in [2.05, 4.69) is 17.2 Å². The van der Waals surface area contributed by atoms with Gasteiger partial charge in [0, 0.05) is 25.7 Å². The lowest BCUT2D eigenvalue weighted by Crippen LogP contribution is -2.55. The molecule has 0 aromatic carbocycles. The van der Waals surface area contributed by atoms with E-state index in [1.165, 1.54) is 25.7 Å². The Hall–Kier alpha value is -0.870. The molecule has 1 spiro atoms. The molecule has 1 aromatic heterocycles. The molecule has 1 aromatic rings. The summed E-state index contributed by atoms with van der Waals surface area (Å²) in [5.74, 6) is 1.84. The fourth-order valence-electron chi connectivity index (χ4n) is 3.37. The number of oxazole rings is 1. The van der Waals surface area contributed by atoms with E-state index in [1.807, 2.05) is 6.20 Å². The monoisotopic (exact) mass is 264 g/mol. The fourth-order valence-corrected chi connectivity index (χ4v) is 3.37. The summed E-state index contributed by atoms with van der Waals surface area (Å²) in [6, 6.07) is 0.635. The second-order valence-electron chi connectivity index (χ2n) is 5.92. The molecule has 3 rings (SSSR count). The number of nitrogens with one attached hydrogen (secondary N) is 1. The Kier molecular flexibility index (Phi) is 3.89. The molecular weight excluding hydrogens is 240 g/mol. The summed E-state index contributed by atoms with van der Waals surface area (Å²) in [6.07, 6.45) is 8.95. The van der Waals surface area contributed by atoms with Crippen LogP contribution in [0.25, 0.3) is 0 Å². The average Bonchev–Trinajstić information content (AvgIpc) is 2.87. The van der Waals surface area contributed by atoms with Crippen molar-refractivity contribution in [2.24, 2.45) is 5.41 Å². The first-order chi connectivity index (χ1) is 9.32. The summed E-state index contributed by atoms with van der Waals surface area (Å²) in [6.45, 7) is 4.82. The van der Waals surface area contributed by atoms with Crippen LogP contribution in [0.2, 0.25) is 0 Å². The maximum absolute atomic E-state index is 5.72. The van der Waals surface area contributed by atoms with Crippen LogP contribution in [0.1, 0.15) is 50.7 Å². The van der Waals surface area contributed by atoms with Gasteiger partial charge in [0.25, 0.3) is 0 Å². The lowest BCUT2D eigenvalue weighted by molar-refractivity contribution is -0.0555. The van der Waals surface area contributed by atoms with Gasteiger partial charge < -0.3 is 14.5 Å². The van der Waals surface area contributed by atoms with Gasteiger partial charge in [0.15, 0.2) is 5.89 Å². The molecule has 2 fully saturated rings. The van der Waals surface area contributed by atoms with E-state index in [1.54, 1.807) is 0 Å². The van der Waals surface area contributed by atoms with Crippen LogP contribution < -0.4 is 5.32 Å². The van der Waals surface area contributed by atoms with Crippen LogP contribution in [0, 0.1) is 5.41 Å². The third kappa shape index (κ3) is 2.70. The number of hydrogen-bond donors (Lipinski definition) is 1. The second kappa shape index (κ2) is 5.63. The van der Waals surface area contributed by atoms with Crippen LogP contribution in [-0.4, -0.2) is 24.2 Å². The Morgan fingerprint density at radius 3 is 2.89 bits per heavy atom. The van der Waals surface area contributed by atoms with E-state index in [4.69, 9.17) is 9.15 Å². The average molecular weight is 264 g/mol. The highest BCUT2D eigenvalue weighted by atomic mass is 16.5. The van der Waals surface area contributed by atoms with E-state index in [0.717, 1.165) is 44.3 Å². The van der Waals surface area contributed by atoms with Gasteiger partial charge in [-0.15, -0.1) is 0 Å². The first-order valence-corrected chi connectivity index (χ1v) is 7.57. The van der Waals surface area contributed by atoms with Crippen molar-refractivity contribution >= 4 is 0 Å². The van der Waals surface area contributed by atoms with Crippen molar-refractivity contribution in [2.45, 2.75) is 58.0 Å². The maximum Gasteiger partial charge on any atom is 0.194 e. The number of nitrogens with zero attached hydrogens (tertiary/aromatic N) is 1. The van der Waals surface area contributed by atoms with Crippen LogP contribution in [0.15, 0.2) is 10.6 Å². The zero-order valence-electron chi connectivity index (χ0n) is 11.8. The molecule has 106 valence electrons. The van der Waals surface area contributed by atoms with Gasteiger partial charge in [0.2, 0.25) is 0 Å². The van der Waals surface area contributed by atoms with Crippen LogP contribution in [0.3, 0.4) is 0 Å². The first kappa shape index (κ1) is 13.1. The number of aryl methyl sites for hydroxylation is 1. The molecule has 4 nitrogen and oxygen atoms in total. The molecule has 0 amide bonds. The highest BCUT2D eigenvalue weighted by Gasteiger charge is 2.46. The minimum atomic E-state index is 0.504. The summed E-state index contributed by atoms with van der Waals surface area (Å²) in [4.78, 5) is 4.31. The highest BCUT2D eigenvalue weighted by molar-refractivity contribution is 5.03. The largest absolute Gasteiger partial charge is 0.444 e. The third-order valence-corrected chi connectivity index (χ3v) is 4.75. The zero-order chi connectivity index (χ0) is 13.1. The highest BCUT2D eigenvalue weighted by Crippen LogP contribution is 2.48. The predicted octanol–water partition coefficient (Wildman–Crippen LogP) is 2.68. The lowest BCUT2D eigenvalue weighted by atomic mass is 9.60. The molecule has 0 radical (unpaired) electrons. The van der Waals surface area contributed by atoms with Crippen molar-refractivity contribution in [3.63, 3.8) is 0 Å². The topological polar surface area (TPSA) is 47.3 Å². The molecule has 4 heteroatoms. The van der Waals surface area contributed by atoms with Crippen LogP contribution in [-0.2, 0) is 17.7 Å². The van der Waals surface area contributed by atoms with E-state index in [9.17, 15) is 0 Å². The number of aromatic nitrogens is 1. The molecular formula is C15H24N2O2. The molecule has 1 aliphatic heterocycles. The van der Waals surface area contributed by atoms with Gasteiger partial charge in [-0.05, 0) is 37.5 Å². The quantitative estimate of drug-likeness (QED) is 0.888. The van der Waals surface area contributed by atoms with Crippen LogP contribution in [0.5, 0.6) is 0 Å². The molecule has 1 unspecified atom stereocenters. The minimum absolute atomic E-state index is 0.504. The fraction of sp³-hybridized carbons (Fsp3) is 0.800. The summed E-state index contributed by atoms with van der Waals surface area (Å²) in [7, 11) is 0. The van der Waals surface area contributed by atoms with E-state index in [-0.39, 0.29) is 0 Å². The van der Waals surface area contributed by atoms with E-state index >= 15 is 0 Å². The first-order valence-electron chi connectivity index (χ1n) is 7.57. The normalized spacial score (nSPS) is 25.4. The molecule has 0 bridgehead atoms. The van der Waals surface area contributed by atoms with Crippen LogP contribution in [0.4, 0.5) is 0 Å². The third-order valence-electron chi connectivity index (χ3n) is 4.75. The van der Waals surface area contributed by atoms with Gasteiger partial charge in [-0.2, -0.15) is 0 Å². The number of hydrogen-bond acceptors (Lipinski definition) is 4. The second-order valence-corrected chi connectivity index (χ2v) is 5.92. The molecule has 2 heterocycles. The van der Waals surface area contributed by atoms with Crippen molar-refractivity contribution in [3.8, 4) is 0 Å².